The zero-order valence-corrected chi connectivity index (χ0v) is 8.92. The SMILES string of the molecule is O=C(O)c1ccncc1N1C(=O)CCCC1=O. The van der Waals surface area contributed by atoms with E-state index in [0.29, 0.717) is 6.42 Å². The molecule has 2 heterocycles. The minimum Gasteiger partial charge on any atom is -0.478 e. The topological polar surface area (TPSA) is 87.6 Å². The summed E-state index contributed by atoms with van der Waals surface area (Å²) in [6.07, 6.45) is 3.55. The van der Waals surface area contributed by atoms with Gasteiger partial charge in [0, 0.05) is 19.0 Å². The minimum atomic E-state index is -1.19. The number of carbonyl (C=O) groups excluding carboxylic acids is 2. The molecule has 0 saturated carbocycles. The van der Waals surface area contributed by atoms with Crippen molar-refractivity contribution in [2.24, 2.45) is 0 Å². The first kappa shape index (κ1) is 11.3. The molecule has 88 valence electrons. The van der Waals surface area contributed by atoms with Gasteiger partial charge in [-0.15, -0.1) is 0 Å². The Morgan fingerprint density at radius 3 is 2.53 bits per heavy atom. The monoisotopic (exact) mass is 234 g/mol. The summed E-state index contributed by atoms with van der Waals surface area (Å²) in [6.45, 7) is 0. The van der Waals surface area contributed by atoms with E-state index in [1.54, 1.807) is 0 Å². The Labute approximate surface area is 96.9 Å². The number of nitrogens with zero attached hydrogens (tertiary/aromatic N) is 2. The normalized spacial score (nSPS) is 16.1. The van der Waals surface area contributed by atoms with E-state index in [4.69, 9.17) is 5.11 Å². The number of hydrogen-bond donors (Lipinski definition) is 1. The van der Waals surface area contributed by atoms with Crippen LogP contribution in [0, 0.1) is 0 Å². The lowest BCUT2D eigenvalue weighted by Crippen LogP contribution is -2.41. The molecule has 1 saturated heterocycles. The minimum absolute atomic E-state index is 0.0506. The second kappa shape index (κ2) is 4.32. The van der Waals surface area contributed by atoms with Crippen molar-refractivity contribution in [2.45, 2.75) is 19.3 Å². The first-order chi connectivity index (χ1) is 8.11. The van der Waals surface area contributed by atoms with E-state index in [1.807, 2.05) is 0 Å². The fourth-order valence-corrected chi connectivity index (χ4v) is 1.77. The zero-order valence-electron chi connectivity index (χ0n) is 8.92. The van der Waals surface area contributed by atoms with Crippen LogP contribution < -0.4 is 4.90 Å². The number of carboxylic acids is 1. The number of rotatable bonds is 2. The lowest BCUT2D eigenvalue weighted by atomic mass is 10.1. The maximum absolute atomic E-state index is 11.7. The second-order valence-corrected chi connectivity index (χ2v) is 3.67. The summed E-state index contributed by atoms with van der Waals surface area (Å²) in [5, 5.41) is 8.99. The smallest absolute Gasteiger partial charge is 0.337 e. The molecule has 1 aromatic heterocycles. The summed E-state index contributed by atoms with van der Waals surface area (Å²) in [6, 6.07) is 1.27. The van der Waals surface area contributed by atoms with E-state index in [1.165, 1.54) is 18.5 Å². The van der Waals surface area contributed by atoms with Gasteiger partial charge in [-0.25, -0.2) is 9.69 Å². The van der Waals surface area contributed by atoms with Gasteiger partial charge < -0.3 is 5.11 Å². The van der Waals surface area contributed by atoms with Crippen LogP contribution in [-0.2, 0) is 9.59 Å². The van der Waals surface area contributed by atoms with Crippen molar-refractivity contribution >= 4 is 23.5 Å². The molecule has 0 aromatic carbocycles. The highest BCUT2D eigenvalue weighted by molar-refractivity contribution is 6.18. The number of hydrogen-bond acceptors (Lipinski definition) is 4. The summed E-state index contributed by atoms with van der Waals surface area (Å²) in [5.41, 5.74) is -0.0432. The van der Waals surface area contributed by atoms with Crippen molar-refractivity contribution in [1.29, 1.82) is 0 Å². The standard InChI is InChI=1S/C11H10N2O4/c14-9-2-1-3-10(15)13(9)8-6-12-5-4-7(8)11(16)17/h4-6H,1-3H2,(H,16,17). The molecule has 0 unspecified atom stereocenters. The molecule has 2 amide bonds. The molecule has 1 N–H and O–H groups in total. The van der Waals surface area contributed by atoms with Crippen LogP contribution in [0.4, 0.5) is 5.69 Å². The molecule has 17 heavy (non-hydrogen) atoms. The molecule has 1 fully saturated rings. The fourth-order valence-electron chi connectivity index (χ4n) is 1.77. The van der Waals surface area contributed by atoms with Crippen LogP contribution in [0.3, 0.4) is 0 Å². The molecule has 0 radical (unpaired) electrons. The van der Waals surface area contributed by atoms with Crippen molar-refractivity contribution in [1.82, 2.24) is 4.98 Å². The lowest BCUT2D eigenvalue weighted by Gasteiger charge is -2.25. The Morgan fingerprint density at radius 2 is 1.94 bits per heavy atom. The van der Waals surface area contributed by atoms with Crippen molar-refractivity contribution in [3.05, 3.63) is 24.0 Å². The number of piperidine rings is 1. The molecular weight excluding hydrogens is 224 g/mol. The van der Waals surface area contributed by atoms with Crippen molar-refractivity contribution in [3.63, 3.8) is 0 Å². The average Bonchev–Trinajstić information content (AvgIpc) is 2.29. The maximum Gasteiger partial charge on any atom is 0.337 e. The molecule has 0 aliphatic carbocycles. The van der Waals surface area contributed by atoms with Gasteiger partial charge in [0.2, 0.25) is 11.8 Å². The highest BCUT2D eigenvalue weighted by Gasteiger charge is 2.30. The van der Waals surface area contributed by atoms with E-state index in [0.717, 1.165) is 4.90 Å². The zero-order chi connectivity index (χ0) is 12.4. The Hall–Kier alpha value is -2.24. The third-order valence-corrected chi connectivity index (χ3v) is 2.55. The van der Waals surface area contributed by atoms with Crippen LogP contribution in [0.15, 0.2) is 18.5 Å². The molecule has 0 atom stereocenters. The number of imide groups is 1. The Balaban J connectivity index is 2.48. The Kier molecular flexibility index (Phi) is 2.86. The van der Waals surface area contributed by atoms with Crippen molar-refractivity contribution < 1.29 is 19.5 Å². The predicted molar refractivity (Wildman–Crippen MR) is 57.5 cm³/mol. The van der Waals surface area contributed by atoms with Crippen LogP contribution in [0.5, 0.6) is 0 Å². The summed E-state index contributed by atoms with van der Waals surface area (Å²) in [4.78, 5) is 39.0. The average molecular weight is 234 g/mol. The highest BCUT2D eigenvalue weighted by Crippen LogP contribution is 2.24. The number of aromatic nitrogens is 1. The number of carbonyl (C=O) groups is 3. The van der Waals surface area contributed by atoms with Gasteiger partial charge in [-0.2, -0.15) is 0 Å². The second-order valence-electron chi connectivity index (χ2n) is 3.67. The molecule has 6 nitrogen and oxygen atoms in total. The summed E-state index contributed by atoms with van der Waals surface area (Å²) >= 11 is 0. The van der Waals surface area contributed by atoms with Gasteiger partial charge in [-0.05, 0) is 12.5 Å². The van der Waals surface area contributed by atoms with Gasteiger partial charge in [-0.1, -0.05) is 0 Å². The molecule has 1 aliphatic heterocycles. The molecule has 2 rings (SSSR count). The molecule has 6 heteroatoms. The molecule has 0 spiro atoms. The summed E-state index contributed by atoms with van der Waals surface area (Å²) in [7, 11) is 0. The van der Waals surface area contributed by atoms with E-state index in [2.05, 4.69) is 4.98 Å². The number of anilines is 1. The van der Waals surface area contributed by atoms with Gasteiger partial charge in [0.05, 0.1) is 17.4 Å². The van der Waals surface area contributed by atoms with Gasteiger partial charge in [0.25, 0.3) is 0 Å². The molecule has 0 bridgehead atoms. The third-order valence-electron chi connectivity index (χ3n) is 2.55. The number of aromatic carboxylic acids is 1. The Morgan fingerprint density at radius 1 is 1.29 bits per heavy atom. The quantitative estimate of drug-likeness (QED) is 0.765. The van der Waals surface area contributed by atoms with Crippen molar-refractivity contribution in [2.75, 3.05) is 4.90 Å². The largest absolute Gasteiger partial charge is 0.478 e. The van der Waals surface area contributed by atoms with Gasteiger partial charge in [0.15, 0.2) is 0 Å². The highest BCUT2D eigenvalue weighted by atomic mass is 16.4. The first-order valence-electron chi connectivity index (χ1n) is 5.14. The third kappa shape index (κ3) is 2.01. The fraction of sp³-hybridized carbons (Fsp3) is 0.273. The van der Waals surface area contributed by atoms with Gasteiger partial charge in [-0.3, -0.25) is 14.6 Å². The molecular formula is C11H10N2O4. The van der Waals surface area contributed by atoms with Crippen LogP contribution in [0.2, 0.25) is 0 Å². The predicted octanol–water partition coefficient (Wildman–Crippen LogP) is 0.823. The number of amides is 2. The maximum atomic E-state index is 11.7. The van der Waals surface area contributed by atoms with E-state index in [9.17, 15) is 14.4 Å². The van der Waals surface area contributed by atoms with Crippen LogP contribution in [0.25, 0.3) is 0 Å². The van der Waals surface area contributed by atoms with Crippen LogP contribution >= 0.6 is 0 Å². The van der Waals surface area contributed by atoms with E-state index in [-0.39, 0.29) is 35.9 Å². The summed E-state index contributed by atoms with van der Waals surface area (Å²) in [5.74, 6) is -1.94. The van der Waals surface area contributed by atoms with E-state index >= 15 is 0 Å². The molecule has 1 aromatic rings. The van der Waals surface area contributed by atoms with Crippen molar-refractivity contribution in [3.8, 4) is 0 Å². The first-order valence-corrected chi connectivity index (χ1v) is 5.14. The van der Waals surface area contributed by atoms with Gasteiger partial charge in [0.1, 0.15) is 0 Å². The van der Waals surface area contributed by atoms with Gasteiger partial charge >= 0.3 is 5.97 Å². The molecule has 1 aliphatic rings. The number of pyridine rings is 1. The van der Waals surface area contributed by atoms with Crippen LogP contribution in [0.1, 0.15) is 29.6 Å². The van der Waals surface area contributed by atoms with Crippen LogP contribution in [-0.4, -0.2) is 27.9 Å². The van der Waals surface area contributed by atoms with E-state index < -0.39 is 5.97 Å². The lowest BCUT2D eigenvalue weighted by molar-refractivity contribution is -0.129. The summed E-state index contributed by atoms with van der Waals surface area (Å²) < 4.78 is 0. The Bertz CT molecular complexity index is 482. The number of carboxylic acid groups (broad SMARTS) is 1.